The van der Waals surface area contributed by atoms with Gasteiger partial charge in [0.25, 0.3) is 0 Å². The lowest BCUT2D eigenvalue weighted by Gasteiger charge is -2.50. The van der Waals surface area contributed by atoms with E-state index in [2.05, 4.69) is 51.4 Å². The number of benzene rings is 1. The van der Waals surface area contributed by atoms with Crippen LogP contribution in [0.4, 0.5) is 0 Å². The zero-order valence-electron chi connectivity index (χ0n) is 19.2. The summed E-state index contributed by atoms with van der Waals surface area (Å²) in [5.41, 5.74) is 5.49. The van der Waals surface area contributed by atoms with Crippen molar-refractivity contribution in [3.05, 3.63) is 86.8 Å². The van der Waals surface area contributed by atoms with E-state index in [9.17, 15) is 4.79 Å². The molecule has 31 heavy (non-hydrogen) atoms. The summed E-state index contributed by atoms with van der Waals surface area (Å²) in [5, 5.41) is 4.28. The fraction of sp³-hybridized carbons (Fsp3) is 0.393. The monoisotopic (exact) mass is 430 g/mol. The van der Waals surface area contributed by atoms with Gasteiger partial charge in [0.1, 0.15) is 5.76 Å². The largest absolute Gasteiger partial charge is 0.494 e. The number of thiophene rings is 1. The smallest absolute Gasteiger partial charge is 0.179 e. The quantitative estimate of drug-likeness (QED) is 0.490. The van der Waals surface area contributed by atoms with E-state index in [1.54, 1.807) is 11.3 Å². The van der Waals surface area contributed by atoms with Crippen LogP contribution in [-0.2, 0) is 14.9 Å². The number of rotatable bonds is 4. The van der Waals surface area contributed by atoms with Crippen LogP contribution in [0.3, 0.4) is 0 Å². The van der Waals surface area contributed by atoms with Gasteiger partial charge in [-0.15, -0.1) is 0 Å². The molecule has 2 aromatic rings. The van der Waals surface area contributed by atoms with Crippen LogP contribution in [-0.4, -0.2) is 12.4 Å². The maximum absolute atomic E-state index is 14.7. The molecule has 0 radical (unpaired) electrons. The number of Topliss-reactive ketones (excluding diaryl/α,β-unsaturated/α-hetero) is 1. The van der Waals surface area contributed by atoms with Crippen molar-refractivity contribution in [2.75, 3.05) is 6.61 Å². The molecule has 1 aromatic heterocycles. The van der Waals surface area contributed by atoms with E-state index in [4.69, 9.17) is 4.74 Å². The van der Waals surface area contributed by atoms with Gasteiger partial charge in [-0.05, 0) is 60.7 Å². The summed E-state index contributed by atoms with van der Waals surface area (Å²) in [7, 11) is 0. The van der Waals surface area contributed by atoms with Gasteiger partial charge in [-0.25, -0.2) is 0 Å². The molecule has 3 aliphatic rings. The van der Waals surface area contributed by atoms with Crippen LogP contribution in [0.15, 0.2) is 75.7 Å². The molecule has 1 saturated carbocycles. The minimum absolute atomic E-state index is 0.209. The van der Waals surface area contributed by atoms with E-state index >= 15 is 0 Å². The van der Waals surface area contributed by atoms with Crippen LogP contribution in [0.1, 0.15) is 52.7 Å². The number of fused-ring (bicyclic) bond motifs is 5. The number of hydrogen-bond acceptors (Lipinski definition) is 3. The van der Waals surface area contributed by atoms with Gasteiger partial charge in [-0.1, -0.05) is 62.2 Å². The first-order valence-electron chi connectivity index (χ1n) is 11.2. The fourth-order valence-electron chi connectivity index (χ4n) is 7.08. The Hall–Kier alpha value is -2.39. The Morgan fingerprint density at radius 1 is 1.06 bits per heavy atom. The summed E-state index contributed by atoms with van der Waals surface area (Å²) in [6, 6.07) is 12.2. The van der Waals surface area contributed by atoms with E-state index in [0.717, 1.165) is 22.5 Å². The summed E-state index contributed by atoms with van der Waals surface area (Å²) < 4.78 is 6.35. The van der Waals surface area contributed by atoms with Crippen molar-refractivity contribution >= 4 is 22.7 Å². The van der Waals surface area contributed by atoms with Gasteiger partial charge in [-0.3, -0.25) is 4.79 Å². The number of carbonyl (C=O) groups is 1. The molecule has 1 unspecified atom stereocenters. The minimum Gasteiger partial charge on any atom is -0.494 e. The molecule has 1 aromatic carbocycles. The lowest BCUT2D eigenvalue weighted by molar-refractivity contribution is -0.121. The van der Waals surface area contributed by atoms with E-state index in [-0.39, 0.29) is 22.5 Å². The Morgan fingerprint density at radius 2 is 1.77 bits per heavy atom. The van der Waals surface area contributed by atoms with Crippen molar-refractivity contribution in [1.29, 1.82) is 0 Å². The van der Waals surface area contributed by atoms with Crippen molar-refractivity contribution < 1.29 is 9.53 Å². The maximum Gasteiger partial charge on any atom is 0.179 e. The number of hydrogen-bond donors (Lipinski definition) is 0. The standard InChI is InChI=1S/C28H30O2S/c1-7-30-23-15-22(20-11-9-8-10-12-20)25(29)28(21-13-14-31-16-21)24(23)26(5)17(2)18(3)27(28,6)19(26)4/h8-16,19H,7H2,1-6H3/t19?,26-,27+,28-/m1/s1. The van der Waals surface area contributed by atoms with Gasteiger partial charge in [0.2, 0.25) is 0 Å². The third-order valence-corrected chi connectivity index (χ3v) is 9.66. The van der Waals surface area contributed by atoms with Crippen molar-refractivity contribution in [2.45, 2.75) is 47.0 Å². The van der Waals surface area contributed by atoms with Crippen LogP contribution >= 0.6 is 11.3 Å². The second kappa shape index (κ2) is 6.56. The molecule has 2 nitrogen and oxygen atoms in total. The lowest BCUT2D eigenvalue weighted by Crippen LogP contribution is -2.52. The number of allylic oxidation sites excluding steroid dienone is 5. The van der Waals surface area contributed by atoms with Gasteiger partial charge >= 0.3 is 0 Å². The lowest BCUT2D eigenvalue weighted by atomic mass is 9.51. The van der Waals surface area contributed by atoms with Crippen molar-refractivity contribution in [3.63, 3.8) is 0 Å². The molecule has 0 amide bonds. The first kappa shape index (κ1) is 20.5. The summed E-state index contributed by atoms with van der Waals surface area (Å²) in [6.07, 6.45) is 2.02. The molecule has 1 heterocycles. The number of carbonyl (C=O) groups excluding carboxylic acids is 1. The molecule has 0 aliphatic heterocycles. The highest BCUT2D eigenvalue weighted by atomic mass is 32.1. The molecular weight excluding hydrogens is 400 g/mol. The van der Waals surface area contributed by atoms with E-state index < -0.39 is 5.41 Å². The van der Waals surface area contributed by atoms with Gasteiger partial charge in [0.05, 0.1) is 12.0 Å². The predicted molar refractivity (Wildman–Crippen MR) is 128 cm³/mol. The molecule has 160 valence electrons. The summed E-state index contributed by atoms with van der Waals surface area (Å²) in [6.45, 7) is 14.1. The van der Waals surface area contributed by atoms with Crippen LogP contribution in [0, 0.1) is 16.7 Å². The first-order chi connectivity index (χ1) is 14.8. The van der Waals surface area contributed by atoms with Crippen LogP contribution in [0.25, 0.3) is 5.57 Å². The maximum atomic E-state index is 14.7. The van der Waals surface area contributed by atoms with Crippen molar-refractivity contribution in [1.82, 2.24) is 0 Å². The zero-order chi connectivity index (χ0) is 22.2. The third-order valence-electron chi connectivity index (χ3n) is 8.97. The molecule has 0 spiro atoms. The van der Waals surface area contributed by atoms with Crippen LogP contribution in [0.2, 0.25) is 0 Å². The molecule has 3 aliphatic carbocycles. The topological polar surface area (TPSA) is 26.3 Å². The second-order valence-electron chi connectivity index (χ2n) is 9.56. The average Bonchev–Trinajstić information content (AvgIpc) is 3.40. The van der Waals surface area contributed by atoms with Crippen molar-refractivity contribution in [2.24, 2.45) is 16.7 Å². The molecule has 2 bridgehead atoms. The molecule has 0 saturated heterocycles. The van der Waals surface area contributed by atoms with E-state index in [1.807, 2.05) is 43.3 Å². The Kier molecular flexibility index (Phi) is 4.34. The minimum atomic E-state index is -0.741. The molecule has 1 fully saturated rings. The SMILES string of the molecule is CCOC1=C2[C@]3(C)C(C)=C(C)[C@@](C)(C3C)[C@@]2(c2ccsc2)C(=O)C(c2ccccc2)=C1. The molecule has 5 rings (SSSR count). The van der Waals surface area contributed by atoms with E-state index in [1.165, 1.54) is 16.7 Å². The van der Waals surface area contributed by atoms with Gasteiger partial charge < -0.3 is 4.74 Å². The Bertz CT molecular complexity index is 1170. The summed E-state index contributed by atoms with van der Waals surface area (Å²) in [5.74, 6) is 1.38. The zero-order valence-corrected chi connectivity index (χ0v) is 20.0. The Balaban J connectivity index is 1.95. The normalized spacial score (nSPS) is 34.3. The highest BCUT2D eigenvalue weighted by Crippen LogP contribution is 2.79. The predicted octanol–water partition coefficient (Wildman–Crippen LogP) is 6.96. The molecule has 0 N–H and O–H groups in total. The first-order valence-corrected chi connectivity index (χ1v) is 12.1. The summed E-state index contributed by atoms with van der Waals surface area (Å²) in [4.78, 5) is 14.7. The van der Waals surface area contributed by atoms with E-state index in [0.29, 0.717) is 6.61 Å². The Labute approximate surface area is 189 Å². The summed E-state index contributed by atoms with van der Waals surface area (Å²) >= 11 is 1.67. The van der Waals surface area contributed by atoms with Crippen molar-refractivity contribution in [3.8, 4) is 0 Å². The van der Waals surface area contributed by atoms with Gasteiger partial charge in [-0.2, -0.15) is 11.3 Å². The highest BCUT2D eigenvalue weighted by molar-refractivity contribution is 7.08. The molecule has 4 atom stereocenters. The Morgan fingerprint density at radius 3 is 2.39 bits per heavy atom. The molecule has 3 heteroatoms. The second-order valence-corrected chi connectivity index (χ2v) is 10.3. The average molecular weight is 431 g/mol. The van der Waals surface area contributed by atoms with Crippen LogP contribution < -0.4 is 0 Å². The van der Waals surface area contributed by atoms with Gasteiger partial charge in [0, 0.05) is 22.0 Å². The van der Waals surface area contributed by atoms with Crippen LogP contribution in [0.5, 0.6) is 0 Å². The van der Waals surface area contributed by atoms with Gasteiger partial charge in [0.15, 0.2) is 5.78 Å². The number of ether oxygens (including phenoxy) is 1. The number of ketones is 1. The highest BCUT2D eigenvalue weighted by Gasteiger charge is 2.77. The molecular formula is C28H30O2S. The third kappa shape index (κ3) is 2.11. The fourth-order valence-corrected chi connectivity index (χ4v) is 7.79.